The lowest BCUT2D eigenvalue weighted by Gasteiger charge is -2.28. The molecular formula is C14H14O2S2. The average molecular weight is 278 g/mol. The molecule has 2 atom stereocenters. The number of aryl methyl sites for hydroxylation is 1. The van der Waals surface area contributed by atoms with Crippen molar-refractivity contribution in [3.63, 3.8) is 0 Å². The number of aliphatic hydroxyl groups excluding tert-OH is 1. The molecule has 1 N–H and O–H groups in total. The monoisotopic (exact) mass is 278 g/mol. The minimum Gasteiger partial charge on any atom is -0.485 e. The Balaban J connectivity index is 1.79. The standard InChI is InChI=1S/C14H14O2S2/c1-9-6-7-13(18-9)14(15)11-8-17-12-5-3-2-4-10(12)16-11/h2-7,11,14-15H,8H2,1H3. The van der Waals surface area contributed by atoms with Crippen LogP contribution in [0.3, 0.4) is 0 Å². The lowest BCUT2D eigenvalue weighted by Crippen LogP contribution is -2.29. The summed E-state index contributed by atoms with van der Waals surface area (Å²) in [4.78, 5) is 3.36. The maximum atomic E-state index is 10.4. The Morgan fingerprint density at radius 3 is 2.89 bits per heavy atom. The molecule has 0 fully saturated rings. The van der Waals surface area contributed by atoms with Crippen molar-refractivity contribution in [2.24, 2.45) is 0 Å². The van der Waals surface area contributed by atoms with Crippen LogP contribution in [-0.4, -0.2) is 17.0 Å². The van der Waals surface area contributed by atoms with Gasteiger partial charge in [0.15, 0.2) is 0 Å². The zero-order valence-electron chi connectivity index (χ0n) is 10.00. The molecule has 4 heteroatoms. The number of aliphatic hydroxyl groups is 1. The largest absolute Gasteiger partial charge is 0.485 e. The molecule has 18 heavy (non-hydrogen) atoms. The molecule has 1 aromatic heterocycles. The topological polar surface area (TPSA) is 29.5 Å². The van der Waals surface area contributed by atoms with Crippen molar-refractivity contribution in [1.82, 2.24) is 0 Å². The first kappa shape index (κ1) is 12.1. The van der Waals surface area contributed by atoms with Gasteiger partial charge in [0.25, 0.3) is 0 Å². The second-order valence-corrected chi connectivity index (χ2v) is 6.69. The minimum atomic E-state index is -0.537. The van der Waals surface area contributed by atoms with Crippen molar-refractivity contribution < 1.29 is 9.84 Å². The van der Waals surface area contributed by atoms with Crippen molar-refractivity contribution in [3.8, 4) is 5.75 Å². The molecule has 94 valence electrons. The fourth-order valence-corrected chi connectivity index (χ4v) is 3.93. The van der Waals surface area contributed by atoms with Gasteiger partial charge >= 0.3 is 0 Å². The number of fused-ring (bicyclic) bond motifs is 1. The van der Waals surface area contributed by atoms with E-state index in [2.05, 4.69) is 6.07 Å². The Hall–Kier alpha value is -0.970. The van der Waals surface area contributed by atoms with Crippen LogP contribution in [0.25, 0.3) is 0 Å². The summed E-state index contributed by atoms with van der Waals surface area (Å²) >= 11 is 3.38. The van der Waals surface area contributed by atoms with Crippen LogP contribution >= 0.6 is 23.1 Å². The van der Waals surface area contributed by atoms with Crippen molar-refractivity contribution in [2.75, 3.05) is 5.75 Å². The summed E-state index contributed by atoms with van der Waals surface area (Å²) in [7, 11) is 0. The van der Waals surface area contributed by atoms with E-state index in [0.29, 0.717) is 0 Å². The summed E-state index contributed by atoms with van der Waals surface area (Å²) in [5, 5.41) is 10.4. The van der Waals surface area contributed by atoms with E-state index in [9.17, 15) is 5.11 Å². The molecule has 2 aromatic rings. The van der Waals surface area contributed by atoms with E-state index in [-0.39, 0.29) is 6.10 Å². The lowest BCUT2D eigenvalue weighted by atomic mass is 10.2. The summed E-state index contributed by atoms with van der Waals surface area (Å²) in [6.07, 6.45) is -0.701. The van der Waals surface area contributed by atoms with Gasteiger partial charge in [-0.2, -0.15) is 0 Å². The Labute approximate surface area is 115 Å². The van der Waals surface area contributed by atoms with E-state index >= 15 is 0 Å². The van der Waals surface area contributed by atoms with Gasteiger partial charge in [-0.05, 0) is 31.2 Å². The maximum Gasteiger partial charge on any atom is 0.139 e. The number of rotatable bonds is 2. The molecule has 1 aromatic carbocycles. The van der Waals surface area contributed by atoms with Gasteiger partial charge in [-0.3, -0.25) is 0 Å². The first-order valence-electron chi connectivity index (χ1n) is 5.87. The fourth-order valence-electron chi connectivity index (χ4n) is 1.99. The van der Waals surface area contributed by atoms with Gasteiger partial charge in [0.05, 0.1) is 0 Å². The molecule has 0 saturated heterocycles. The molecular weight excluding hydrogens is 264 g/mol. The van der Waals surface area contributed by atoms with Crippen LogP contribution in [0.5, 0.6) is 5.75 Å². The molecule has 0 aliphatic carbocycles. The van der Waals surface area contributed by atoms with Crippen molar-refractivity contribution in [2.45, 2.75) is 24.0 Å². The van der Waals surface area contributed by atoms with Crippen LogP contribution in [-0.2, 0) is 0 Å². The Kier molecular flexibility index (Phi) is 3.33. The number of thioether (sulfide) groups is 1. The number of hydrogen-bond acceptors (Lipinski definition) is 4. The van der Waals surface area contributed by atoms with Gasteiger partial charge in [0.1, 0.15) is 18.0 Å². The van der Waals surface area contributed by atoms with Crippen LogP contribution in [0.4, 0.5) is 0 Å². The van der Waals surface area contributed by atoms with Crippen molar-refractivity contribution >= 4 is 23.1 Å². The highest BCUT2D eigenvalue weighted by molar-refractivity contribution is 7.99. The van der Waals surface area contributed by atoms with E-state index in [1.165, 1.54) is 4.88 Å². The average Bonchev–Trinajstić information content (AvgIpc) is 2.84. The van der Waals surface area contributed by atoms with E-state index in [1.807, 2.05) is 37.3 Å². The van der Waals surface area contributed by atoms with Crippen LogP contribution in [0.15, 0.2) is 41.3 Å². The molecule has 2 nitrogen and oxygen atoms in total. The van der Waals surface area contributed by atoms with Crippen LogP contribution in [0.1, 0.15) is 15.9 Å². The molecule has 2 unspecified atom stereocenters. The molecule has 1 aliphatic heterocycles. The van der Waals surface area contributed by atoms with Gasteiger partial charge in [0, 0.05) is 20.4 Å². The summed E-state index contributed by atoms with van der Waals surface area (Å²) in [6.45, 7) is 2.05. The molecule has 0 amide bonds. The third-order valence-electron chi connectivity index (χ3n) is 2.94. The van der Waals surface area contributed by atoms with Gasteiger partial charge in [-0.1, -0.05) is 12.1 Å². The number of hydrogen-bond donors (Lipinski definition) is 1. The second-order valence-electron chi connectivity index (χ2n) is 4.31. The highest BCUT2D eigenvalue weighted by atomic mass is 32.2. The van der Waals surface area contributed by atoms with Gasteiger partial charge in [0.2, 0.25) is 0 Å². The number of benzene rings is 1. The Bertz CT molecular complexity index is 550. The molecule has 0 radical (unpaired) electrons. The quantitative estimate of drug-likeness (QED) is 0.909. The highest BCUT2D eigenvalue weighted by Gasteiger charge is 2.28. The SMILES string of the molecule is Cc1ccc(C(O)C2CSc3ccccc3O2)s1. The minimum absolute atomic E-state index is 0.164. The number of ether oxygens (including phenoxy) is 1. The first-order valence-corrected chi connectivity index (χ1v) is 7.67. The number of thiophene rings is 1. The third kappa shape index (κ3) is 2.28. The van der Waals surface area contributed by atoms with Crippen LogP contribution in [0, 0.1) is 6.92 Å². The Morgan fingerprint density at radius 2 is 2.11 bits per heavy atom. The van der Waals surface area contributed by atoms with E-state index in [0.717, 1.165) is 21.3 Å². The summed E-state index contributed by atoms with van der Waals surface area (Å²) in [5.74, 6) is 1.67. The molecule has 3 rings (SSSR count). The second kappa shape index (κ2) is 4.96. The van der Waals surface area contributed by atoms with Crippen molar-refractivity contribution in [3.05, 3.63) is 46.2 Å². The van der Waals surface area contributed by atoms with E-state index in [1.54, 1.807) is 23.1 Å². The summed E-state index contributed by atoms with van der Waals surface area (Å²) in [5.41, 5.74) is 0. The summed E-state index contributed by atoms with van der Waals surface area (Å²) in [6, 6.07) is 12.0. The Morgan fingerprint density at radius 1 is 1.28 bits per heavy atom. The summed E-state index contributed by atoms with van der Waals surface area (Å²) < 4.78 is 5.89. The zero-order chi connectivity index (χ0) is 12.5. The van der Waals surface area contributed by atoms with Crippen LogP contribution < -0.4 is 4.74 Å². The smallest absolute Gasteiger partial charge is 0.139 e. The lowest BCUT2D eigenvalue weighted by molar-refractivity contribution is 0.0481. The van der Waals surface area contributed by atoms with Crippen LogP contribution in [0.2, 0.25) is 0 Å². The zero-order valence-corrected chi connectivity index (χ0v) is 11.6. The van der Waals surface area contributed by atoms with Gasteiger partial charge < -0.3 is 9.84 Å². The maximum absolute atomic E-state index is 10.4. The van der Waals surface area contributed by atoms with Gasteiger partial charge in [-0.25, -0.2) is 0 Å². The fraction of sp³-hybridized carbons (Fsp3) is 0.286. The predicted molar refractivity (Wildman–Crippen MR) is 75.6 cm³/mol. The highest BCUT2D eigenvalue weighted by Crippen LogP contribution is 2.39. The molecule has 2 heterocycles. The molecule has 1 aliphatic rings. The van der Waals surface area contributed by atoms with E-state index in [4.69, 9.17) is 4.74 Å². The first-order chi connectivity index (χ1) is 8.74. The van der Waals surface area contributed by atoms with Crippen molar-refractivity contribution in [1.29, 1.82) is 0 Å². The molecule has 0 spiro atoms. The predicted octanol–water partition coefficient (Wildman–Crippen LogP) is 3.64. The van der Waals surface area contributed by atoms with Gasteiger partial charge in [-0.15, -0.1) is 23.1 Å². The molecule has 0 bridgehead atoms. The molecule has 0 saturated carbocycles. The normalized spacial score (nSPS) is 20.0. The third-order valence-corrected chi connectivity index (χ3v) is 5.15. The van der Waals surface area contributed by atoms with E-state index < -0.39 is 6.10 Å². The number of para-hydroxylation sites is 1.